The van der Waals surface area contributed by atoms with Crippen molar-refractivity contribution in [1.29, 1.82) is 0 Å². The van der Waals surface area contributed by atoms with E-state index in [0.29, 0.717) is 24.8 Å². The van der Waals surface area contributed by atoms with Gasteiger partial charge in [0.25, 0.3) is 0 Å². The van der Waals surface area contributed by atoms with Crippen LogP contribution in [0.3, 0.4) is 0 Å². The van der Waals surface area contributed by atoms with Crippen molar-refractivity contribution in [2.45, 2.75) is 38.8 Å². The summed E-state index contributed by atoms with van der Waals surface area (Å²) in [5, 5.41) is 4.00. The van der Waals surface area contributed by atoms with Gasteiger partial charge in [0, 0.05) is 12.2 Å². The van der Waals surface area contributed by atoms with Crippen LogP contribution in [-0.4, -0.2) is 16.7 Å². The SMILES string of the molecule is Cl.NCc1nc(CN2CCCCCc3ccccc32)no1. The molecule has 3 rings (SSSR count). The van der Waals surface area contributed by atoms with Crippen LogP contribution < -0.4 is 10.6 Å². The fourth-order valence-corrected chi connectivity index (χ4v) is 2.72. The maximum atomic E-state index is 5.51. The van der Waals surface area contributed by atoms with E-state index in [-0.39, 0.29) is 12.4 Å². The third-order valence-electron chi connectivity index (χ3n) is 3.72. The molecule has 2 aromatic rings. The van der Waals surface area contributed by atoms with Gasteiger partial charge >= 0.3 is 0 Å². The van der Waals surface area contributed by atoms with Gasteiger partial charge in [-0.05, 0) is 30.9 Å². The van der Waals surface area contributed by atoms with E-state index in [0.717, 1.165) is 13.0 Å². The van der Waals surface area contributed by atoms with Gasteiger partial charge in [0.1, 0.15) is 0 Å². The summed E-state index contributed by atoms with van der Waals surface area (Å²) in [5.74, 6) is 1.21. The quantitative estimate of drug-likeness (QED) is 0.944. The normalized spacial score (nSPS) is 14.8. The van der Waals surface area contributed by atoms with Crippen LogP contribution in [0, 0.1) is 0 Å². The standard InChI is InChI=1S/C15H20N4O.ClH/c16-10-15-17-14(18-20-15)11-19-9-5-1-2-6-12-7-3-4-8-13(12)19;/h3-4,7-8H,1-2,5-6,9-11,16H2;1H. The molecule has 0 atom stereocenters. The van der Waals surface area contributed by atoms with E-state index in [9.17, 15) is 0 Å². The largest absolute Gasteiger partial charge is 0.364 e. The number of rotatable bonds is 3. The Balaban J connectivity index is 0.00000161. The molecule has 1 aromatic carbocycles. The first-order valence-corrected chi connectivity index (χ1v) is 7.21. The number of aryl methyl sites for hydroxylation is 1. The Morgan fingerprint density at radius 3 is 2.86 bits per heavy atom. The van der Waals surface area contributed by atoms with Gasteiger partial charge < -0.3 is 15.2 Å². The molecule has 2 heterocycles. The van der Waals surface area contributed by atoms with E-state index in [1.165, 1.54) is 30.5 Å². The zero-order chi connectivity index (χ0) is 13.8. The van der Waals surface area contributed by atoms with E-state index in [2.05, 4.69) is 39.3 Å². The molecule has 2 N–H and O–H groups in total. The van der Waals surface area contributed by atoms with E-state index in [4.69, 9.17) is 10.3 Å². The van der Waals surface area contributed by atoms with Crippen LogP contribution in [0.2, 0.25) is 0 Å². The molecular formula is C15H21ClN4O. The van der Waals surface area contributed by atoms with Crippen molar-refractivity contribution in [3.63, 3.8) is 0 Å². The average molecular weight is 309 g/mol. The topological polar surface area (TPSA) is 68.2 Å². The van der Waals surface area contributed by atoms with Gasteiger partial charge in [-0.25, -0.2) is 0 Å². The van der Waals surface area contributed by atoms with Gasteiger partial charge in [-0.15, -0.1) is 12.4 Å². The van der Waals surface area contributed by atoms with Gasteiger partial charge in [-0.2, -0.15) is 4.98 Å². The lowest BCUT2D eigenvalue weighted by molar-refractivity contribution is 0.374. The van der Waals surface area contributed by atoms with Crippen LogP contribution in [0.15, 0.2) is 28.8 Å². The summed E-state index contributed by atoms with van der Waals surface area (Å²) >= 11 is 0. The van der Waals surface area contributed by atoms with Crippen molar-refractivity contribution in [2.24, 2.45) is 5.73 Å². The molecular weight excluding hydrogens is 288 g/mol. The lowest BCUT2D eigenvalue weighted by atomic mass is 10.0. The molecule has 5 nitrogen and oxygen atoms in total. The van der Waals surface area contributed by atoms with Crippen LogP contribution in [0.25, 0.3) is 0 Å². The van der Waals surface area contributed by atoms with E-state index in [1.54, 1.807) is 0 Å². The molecule has 0 amide bonds. The summed E-state index contributed by atoms with van der Waals surface area (Å²) in [6.07, 6.45) is 4.89. The third kappa shape index (κ3) is 3.74. The van der Waals surface area contributed by atoms with Crippen molar-refractivity contribution in [3.05, 3.63) is 41.5 Å². The van der Waals surface area contributed by atoms with Crippen molar-refractivity contribution in [1.82, 2.24) is 10.1 Å². The highest BCUT2D eigenvalue weighted by Crippen LogP contribution is 2.26. The molecule has 1 aliphatic rings. The number of hydrogen-bond donors (Lipinski definition) is 1. The Morgan fingerprint density at radius 2 is 2.05 bits per heavy atom. The van der Waals surface area contributed by atoms with E-state index in [1.807, 2.05) is 0 Å². The second-order valence-electron chi connectivity index (χ2n) is 5.17. The van der Waals surface area contributed by atoms with Gasteiger partial charge in [0.2, 0.25) is 5.89 Å². The van der Waals surface area contributed by atoms with Gasteiger partial charge in [0.15, 0.2) is 5.82 Å². The van der Waals surface area contributed by atoms with Gasteiger partial charge in [-0.1, -0.05) is 29.8 Å². The third-order valence-corrected chi connectivity index (χ3v) is 3.72. The highest BCUT2D eigenvalue weighted by atomic mass is 35.5. The van der Waals surface area contributed by atoms with Gasteiger partial charge in [-0.3, -0.25) is 0 Å². The highest BCUT2D eigenvalue weighted by Gasteiger charge is 2.16. The Bertz CT molecular complexity index is 572. The number of aromatic nitrogens is 2. The summed E-state index contributed by atoms with van der Waals surface area (Å²) < 4.78 is 5.09. The molecule has 1 aromatic heterocycles. The Labute approximate surface area is 130 Å². The van der Waals surface area contributed by atoms with Gasteiger partial charge in [0.05, 0.1) is 13.1 Å². The minimum atomic E-state index is 0. The van der Waals surface area contributed by atoms with E-state index < -0.39 is 0 Å². The van der Waals surface area contributed by atoms with Crippen LogP contribution in [0.5, 0.6) is 0 Å². The molecule has 1 aliphatic heterocycles. The predicted molar refractivity (Wildman–Crippen MR) is 84.5 cm³/mol. The number of para-hydroxylation sites is 1. The van der Waals surface area contributed by atoms with Crippen molar-refractivity contribution >= 4 is 18.1 Å². The van der Waals surface area contributed by atoms with Crippen LogP contribution >= 0.6 is 12.4 Å². The molecule has 6 heteroatoms. The monoisotopic (exact) mass is 308 g/mol. The minimum absolute atomic E-state index is 0. The molecule has 0 fully saturated rings. The first-order valence-electron chi connectivity index (χ1n) is 7.21. The molecule has 0 spiro atoms. The maximum Gasteiger partial charge on any atom is 0.240 e. The second kappa shape index (κ2) is 7.43. The molecule has 0 radical (unpaired) electrons. The Hall–Kier alpha value is -1.59. The Morgan fingerprint density at radius 1 is 1.19 bits per heavy atom. The molecule has 0 bridgehead atoms. The lowest BCUT2D eigenvalue weighted by Gasteiger charge is -2.28. The molecule has 0 saturated heterocycles. The summed E-state index contributed by atoms with van der Waals surface area (Å²) in [4.78, 5) is 6.65. The summed E-state index contributed by atoms with van der Waals surface area (Å²) in [6, 6.07) is 8.61. The summed E-state index contributed by atoms with van der Waals surface area (Å²) in [5.41, 5.74) is 8.22. The molecule has 0 saturated carbocycles. The number of hydrogen-bond acceptors (Lipinski definition) is 5. The van der Waals surface area contributed by atoms with E-state index >= 15 is 0 Å². The second-order valence-corrected chi connectivity index (χ2v) is 5.17. The van der Waals surface area contributed by atoms with Crippen LogP contribution in [-0.2, 0) is 19.5 Å². The zero-order valence-corrected chi connectivity index (χ0v) is 12.8. The Kier molecular flexibility index (Phi) is 5.59. The van der Waals surface area contributed by atoms with Crippen molar-refractivity contribution in [3.8, 4) is 0 Å². The first-order chi connectivity index (χ1) is 9.86. The first kappa shape index (κ1) is 15.8. The molecule has 21 heavy (non-hydrogen) atoms. The van der Waals surface area contributed by atoms with Crippen LogP contribution in [0.4, 0.5) is 5.69 Å². The zero-order valence-electron chi connectivity index (χ0n) is 12.0. The minimum Gasteiger partial charge on any atom is -0.364 e. The number of nitrogens with two attached hydrogens (primary N) is 1. The number of halogens is 1. The predicted octanol–water partition coefficient (Wildman–Crippen LogP) is 2.68. The highest BCUT2D eigenvalue weighted by molar-refractivity contribution is 5.85. The maximum absolute atomic E-state index is 5.51. The number of benzene rings is 1. The number of fused-ring (bicyclic) bond motifs is 1. The number of nitrogens with zero attached hydrogens (tertiary/aromatic N) is 3. The summed E-state index contributed by atoms with van der Waals surface area (Å²) in [6.45, 7) is 2.01. The van der Waals surface area contributed by atoms with Crippen LogP contribution in [0.1, 0.15) is 36.5 Å². The lowest BCUT2D eigenvalue weighted by Crippen LogP contribution is -2.26. The average Bonchev–Trinajstić information content (AvgIpc) is 2.91. The fourth-order valence-electron chi connectivity index (χ4n) is 2.72. The summed E-state index contributed by atoms with van der Waals surface area (Å²) in [7, 11) is 0. The molecule has 0 unspecified atom stereocenters. The fraction of sp³-hybridized carbons (Fsp3) is 0.467. The number of anilines is 1. The van der Waals surface area contributed by atoms with Crippen molar-refractivity contribution in [2.75, 3.05) is 11.4 Å². The molecule has 0 aliphatic carbocycles. The molecule has 114 valence electrons. The smallest absolute Gasteiger partial charge is 0.240 e. The van der Waals surface area contributed by atoms with Crippen molar-refractivity contribution < 1.29 is 4.52 Å².